The van der Waals surface area contributed by atoms with Crippen LogP contribution in [0.15, 0.2) is 64.0 Å². The fourth-order valence-electron chi connectivity index (χ4n) is 2.04. The van der Waals surface area contributed by atoms with E-state index in [-0.39, 0.29) is 10.6 Å². The molecule has 0 unspecified atom stereocenters. The molecule has 0 bridgehead atoms. The second-order valence-electron chi connectivity index (χ2n) is 4.53. The molecule has 0 radical (unpaired) electrons. The van der Waals surface area contributed by atoms with Gasteiger partial charge in [-0.05, 0) is 28.9 Å². The number of nitrogens with two attached hydrogens (primary N) is 1. The van der Waals surface area contributed by atoms with Crippen molar-refractivity contribution in [3.8, 4) is 22.9 Å². The van der Waals surface area contributed by atoms with Gasteiger partial charge in [0.05, 0.1) is 15.7 Å². The van der Waals surface area contributed by atoms with Crippen LogP contribution in [0.25, 0.3) is 16.9 Å². The summed E-state index contributed by atoms with van der Waals surface area (Å²) in [7, 11) is -3.77. The first-order valence-electron chi connectivity index (χ1n) is 6.24. The molecular formula is C14H11N3O4S. The second-order valence-corrected chi connectivity index (χ2v) is 6.09. The summed E-state index contributed by atoms with van der Waals surface area (Å²) in [5, 5.41) is 20.6. The molecule has 7 nitrogen and oxygen atoms in total. The second kappa shape index (κ2) is 5.24. The number of hydrogen-bond donors (Lipinski definition) is 1. The van der Waals surface area contributed by atoms with Crippen molar-refractivity contribution < 1.29 is 22.7 Å². The maximum Gasteiger partial charge on any atom is 0.270 e. The van der Waals surface area contributed by atoms with Crippen LogP contribution in [0.5, 0.6) is 5.95 Å². The molecule has 1 aromatic heterocycles. The Bertz CT molecular complexity index is 903. The van der Waals surface area contributed by atoms with Crippen molar-refractivity contribution in [2.75, 3.05) is 0 Å². The van der Waals surface area contributed by atoms with Crippen LogP contribution in [0.1, 0.15) is 0 Å². The summed E-state index contributed by atoms with van der Waals surface area (Å²) in [6.07, 6.45) is 0. The molecule has 0 saturated heterocycles. The Kier molecular flexibility index (Phi) is 3.39. The normalized spacial score (nSPS) is 11.5. The van der Waals surface area contributed by atoms with Crippen molar-refractivity contribution in [1.82, 2.24) is 5.27 Å². The van der Waals surface area contributed by atoms with Gasteiger partial charge in [-0.1, -0.05) is 18.2 Å². The van der Waals surface area contributed by atoms with Crippen molar-refractivity contribution in [2.24, 2.45) is 5.14 Å². The van der Waals surface area contributed by atoms with Crippen LogP contribution in [0.2, 0.25) is 0 Å². The van der Waals surface area contributed by atoms with Crippen LogP contribution in [-0.4, -0.2) is 13.7 Å². The molecule has 1 heterocycles. The lowest BCUT2D eigenvalue weighted by Crippen LogP contribution is -2.34. The maximum absolute atomic E-state index is 11.9. The van der Waals surface area contributed by atoms with E-state index in [1.807, 2.05) is 6.07 Å². The van der Waals surface area contributed by atoms with Crippen LogP contribution in [0, 0.1) is 0 Å². The van der Waals surface area contributed by atoms with E-state index in [0.717, 1.165) is 0 Å². The van der Waals surface area contributed by atoms with E-state index in [1.165, 1.54) is 28.9 Å². The smallest absolute Gasteiger partial charge is 0.270 e. The number of benzene rings is 2. The molecule has 3 rings (SSSR count). The van der Waals surface area contributed by atoms with Gasteiger partial charge in [0.2, 0.25) is 15.7 Å². The number of nitrogens with zero attached hydrogens (tertiary/aromatic N) is 2. The van der Waals surface area contributed by atoms with E-state index in [4.69, 9.17) is 9.66 Å². The van der Waals surface area contributed by atoms with Gasteiger partial charge in [-0.3, -0.25) is 0 Å². The Labute approximate surface area is 126 Å². The Morgan fingerprint density at radius 3 is 2.27 bits per heavy atom. The Morgan fingerprint density at radius 2 is 1.68 bits per heavy atom. The number of rotatable bonds is 3. The van der Waals surface area contributed by atoms with E-state index in [0.29, 0.717) is 11.3 Å². The van der Waals surface area contributed by atoms with Crippen molar-refractivity contribution >= 4 is 10.0 Å². The molecule has 2 aromatic carbocycles. The molecule has 0 aliphatic rings. The van der Waals surface area contributed by atoms with Crippen molar-refractivity contribution in [3.63, 3.8) is 0 Å². The minimum absolute atomic E-state index is 0.0241. The number of aromatic nitrogens is 2. The average Bonchev–Trinajstić information content (AvgIpc) is 2.89. The van der Waals surface area contributed by atoms with Crippen LogP contribution in [0.3, 0.4) is 0 Å². The predicted molar refractivity (Wildman–Crippen MR) is 74.3 cm³/mol. The third-order valence-electron chi connectivity index (χ3n) is 3.07. The lowest BCUT2D eigenvalue weighted by Gasteiger charge is -1.99. The van der Waals surface area contributed by atoms with E-state index in [2.05, 4.69) is 5.27 Å². The monoisotopic (exact) mass is 317 g/mol. The van der Waals surface area contributed by atoms with Crippen LogP contribution >= 0.6 is 0 Å². The van der Waals surface area contributed by atoms with Gasteiger partial charge in [0.1, 0.15) is 0 Å². The van der Waals surface area contributed by atoms with Gasteiger partial charge >= 0.3 is 0 Å². The first-order valence-corrected chi connectivity index (χ1v) is 7.79. The minimum Gasteiger partial charge on any atom is -0.539 e. The molecule has 2 N–H and O–H groups in total. The first kappa shape index (κ1) is 14.2. The SMILES string of the molecule is NS(=O)(=O)c1ccc(-[n+]2noc([O-])c2-c2ccccc2)cc1. The highest BCUT2D eigenvalue weighted by Crippen LogP contribution is 2.23. The van der Waals surface area contributed by atoms with Crippen molar-refractivity contribution in [2.45, 2.75) is 4.90 Å². The molecule has 0 saturated carbocycles. The standard InChI is InChI=1S/C14H11N3O4S/c15-22(19,20)12-8-6-11(7-9-12)17-13(14(18)21-16-17)10-4-2-1-3-5-10/h1-9H,(H2-,15,16,18,19,20). The van der Waals surface area contributed by atoms with Crippen LogP contribution in [0.4, 0.5) is 0 Å². The highest BCUT2D eigenvalue weighted by molar-refractivity contribution is 7.89. The zero-order valence-electron chi connectivity index (χ0n) is 11.2. The summed E-state index contributed by atoms with van der Waals surface area (Å²) in [4.78, 5) is -0.0241. The fraction of sp³-hybridized carbons (Fsp3) is 0. The van der Waals surface area contributed by atoms with Gasteiger partial charge < -0.3 is 9.63 Å². The first-order chi connectivity index (χ1) is 10.5. The van der Waals surface area contributed by atoms with Crippen LogP contribution in [-0.2, 0) is 10.0 Å². The third kappa shape index (κ3) is 2.57. The summed E-state index contributed by atoms with van der Waals surface area (Å²) in [6.45, 7) is 0. The zero-order valence-corrected chi connectivity index (χ0v) is 12.0. The van der Waals surface area contributed by atoms with Gasteiger partial charge in [-0.15, -0.1) is 0 Å². The highest BCUT2D eigenvalue weighted by Gasteiger charge is 2.22. The molecule has 0 atom stereocenters. The van der Waals surface area contributed by atoms with E-state index >= 15 is 0 Å². The summed E-state index contributed by atoms with van der Waals surface area (Å²) in [5.74, 6) is -0.582. The Hall–Kier alpha value is -2.71. The number of hydrogen-bond acceptors (Lipinski definition) is 5. The van der Waals surface area contributed by atoms with E-state index in [9.17, 15) is 13.5 Å². The van der Waals surface area contributed by atoms with Gasteiger partial charge in [0.25, 0.3) is 5.69 Å². The lowest BCUT2D eigenvalue weighted by molar-refractivity contribution is -0.660. The number of primary sulfonamides is 1. The molecular weight excluding hydrogens is 306 g/mol. The van der Waals surface area contributed by atoms with E-state index < -0.39 is 16.0 Å². The fourth-order valence-corrected chi connectivity index (χ4v) is 2.55. The minimum atomic E-state index is -3.77. The summed E-state index contributed by atoms with van der Waals surface area (Å²) in [6, 6.07) is 14.6. The predicted octanol–water partition coefficient (Wildman–Crippen LogP) is 0.339. The molecule has 3 aromatic rings. The quantitative estimate of drug-likeness (QED) is 0.700. The summed E-state index contributed by atoms with van der Waals surface area (Å²) >= 11 is 0. The largest absolute Gasteiger partial charge is 0.539 e. The summed E-state index contributed by atoms with van der Waals surface area (Å²) in [5.41, 5.74) is 1.38. The van der Waals surface area contributed by atoms with Gasteiger partial charge in [-0.2, -0.15) is 0 Å². The number of sulfonamides is 1. The molecule has 8 heteroatoms. The Balaban J connectivity index is 2.11. The molecule has 22 heavy (non-hydrogen) atoms. The molecule has 112 valence electrons. The van der Waals surface area contributed by atoms with Crippen molar-refractivity contribution in [3.05, 3.63) is 54.6 Å². The highest BCUT2D eigenvalue weighted by atomic mass is 32.2. The van der Waals surface area contributed by atoms with Crippen molar-refractivity contribution in [1.29, 1.82) is 0 Å². The third-order valence-corrected chi connectivity index (χ3v) is 4.00. The maximum atomic E-state index is 11.9. The topological polar surface area (TPSA) is 113 Å². The van der Waals surface area contributed by atoms with E-state index in [1.54, 1.807) is 24.3 Å². The molecule has 0 aliphatic carbocycles. The summed E-state index contributed by atoms with van der Waals surface area (Å²) < 4.78 is 28.5. The molecule has 0 aliphatic heterocycles. The molecule has 0 fully saturated rings. The molecule has 0 spiro atoms. The molecule has 0 amide bonds. The zero-order chi connectivity index (χ0) is 15.7. The Morgan fingerprint density at radius 1 is 1.05 bits per heavy atom. The van der Waals surface area contributed by atoms with Gasteiger partial charge in [-0.25, -0.2) is 13.6 Å². The van der Waals surface area contributed by atoms with Gasteiger partial charge in [0, 0.05) is 12.1 Å². The lowest BCUT2D eigenvalue weighted by atomic mass is 10.1. The average molecular weight is 317 g/mol. The van der Waals surface area contributed by atoms with Gasteiger partial charge in [0.15, 0.2) is 5.95 Å². The van der Waals surface area contributed by atoms with Crippen LogP contribution < -0.4 is 14.9 Å².